The Morgan fingerprint density at radius 1 is 0.886 bits per heavy atom. The van der Waals surface area contributed by atoms with Gasteiger partial charge in [-0.1, -0.05) is 0 Å². The summed E-state index contributed by atoms with van der Waals surface area (Å²) in [6.45, 7) is 3.32. The van der Waals surface area contributed by atoms with Crippen LogP contribution < -0.4 is 4.72 Å². The summed E-state index contributed by atoms with van der Waals surface area (Å²) in [6, 6.07) is 3.66. The number of aromatic nitrogens is 2. The molecule has 2 aromatic rings. The largest absolute Gasteiger partial charge is 0.263 e. The highest BCUT2D eigenvalue weighted by atomic mass is 79.9. The zero-order chi connectivity index (χ0) is 25.8. The molecule has 12 heteroatoms. The first-order valence-electron chi connectivity index (χ1n) is 11.6. The van der Waals surface area contributed by atoms with Gasteiger partial charge in [0.25, 0.3) is 0 Å². The molecule has 0 amide bonds. The Morgan fingerprint density at radius 2 is 1.40 bits per heavy atom. The van der Waals surface area contributed by atoms with Crippen LogP contribution in [0.4, 0.5) is 0 Å². The van der Waals surface area contributed by atoms with Gasteiger partial charge in [0, 0.05) is 40.8 Å². The van der Waals surface area contributed by atoms with E-state index in [1.165, 1.54) is 4.31 Å². The highest BCUT2D eigenvalue weighted by Crippen LogP contribution is 2.45. The maximum absolute atomic E-state index is 12.0. The van der Waals surface area contributed by atoms with Gasteiger partial charge in [-0.2, -0.15) is 4.31 Å². The van der Waals surface area contributed by atoms with Gasteiger partial charge in [0.1, 0.15) is 0 Å². The molecule has 0 aliphatic heterocycles. The fraction of sp³-hybridized carbons (Fsp3) is 0.565. The zero-order valence-electron chi connectivity index (χ0n) is 20.1. The summed E-state index contributed by atoms with van der Waals surface area (Å²) < 4.78 is 53.4. The summed E-state index contributed by atoms with van der Waals surface area (Å²) in [4.78, 5) is 8.23. The Hall–Kier alpha value is -0.920. The molecular formula is C23H32Br2N4O4S2. The summed E-state index contributed by atoms with van der Waals surface area (Å²) >= 11 is 6.74. The van der Waals surface area contributed by atoms with E-state index in [4.69, 9.17) is 0 Å². The Kier molecular flexibility index (Phi) is 9.89. The maximum Gasteiger partial charge on any atom is 0.214 e. The second-order valence-electron chi connectivity index (χ2n) is 8.91. The Morgan fingerprint density at radius 3 is 1.86 bits per heavy atom. The van der Waals surface area contributed by atoms with Gasteiger partial charge in [-0.3, -0.25) is 9.97 Å². The van der Waals surface area contributed by atoms with E-state index in [0.29, 0.717) is 11.8 Å². The van der Waals surface area contributed by atoms with Crippen molar-refractivity contribution in [1.82, 2.24) is 19.0 Å². The SMILES string of the molecule is CCS(=O)(=O)N(C)C(c1cncc(Br)c1)C1CC1.CCS(=O)(=O)NC(c1cncc(Br)c1)C1CC1. The van der Waals surface area contributed by atoms with Crippen molar-refractivity contribution in [1.29, 1.82) is 0 Å². The normalized spacial score (nSPS) is 18.0. The third-order valence-corrected chi connectivity index (χ3v) is 10.3. The third kappa shape index (κ3) is 8.29. The molecule has 0 radical (unpaired) electrons. The maximum atomic E-state index is 12.0. The zero-order valence-corrected chi connectivity index (χ0v) is 24.9. The molecule has 2 unspecified atom stereocenters. The molecule has 2 heterocycles. The van der Waals surface area contributed by atoms with Crippen LogP contribution in [-0.4, -0.2) is 49.7 Å². The third-order valence-electron chi connectivity index (χ3n) is 6.20. The van der Waals surface area contributed by atoms with E-state index in [1.807, 2.05) is 12.1 Å². The smallest absolute Gasteiger partial charge is 0.214 e. The van der Waals surface area contributed by atoms with Crippen molar-refractivity contribution in [2.75, 3.05) is 18.6 Å². The second kappa shape index (κ2) is 12.1. The molecule has 2 saturated carbocycles. The van der Waals surface area contributed by atoms with E-state index >= 15 is 0 Å². The standard InChI is InChI=1S/C12H17BrN2O2S.C11H15BrN2O2S/c1-3-18(16,17)15(2)12(9-4-5-9)10-6-11(13)8-14-7-10;1-2-17(15,16)14-11(8-3-4-8)9-5-10(12)7-13-6-9/h6-9,12H,3-5H2,1-2H3;5-8,11,14H,2-4H2,1H3. The number of nitrogens with zero attached hydrogens (tertiary/aromatic N) is 3. The molecule has 0 spiro atoms. The highest BCUT2D eigenvalue weighted by Gasteiger charge is 2.39. The van der Waals surface area contributed by atoms with Crippen LogP contribution in [0.25, 0.3) is 0 Å². The van der Waals surface area contributed by atoms with Crippen LogP contribution in [0.5, 0.6) is 0 Å². The van der Waals surface area contributed by atoms with Crippen LogP contribution >= 0.6 is 31.9 Å². The molecule has 35 heavy (non-hydrogen) atoms. The minimum atomic E-state index is -3.18. The molecule has 0 saturated heterocycles. The Bertz CT molecular complexity index is 1220. The van der Waals surface area contributed by atoms with Crippen molar-refractivity contribution in [2.24, 2.45) is 11.8 Å². The van der Waals surface area contributed by atoms with Crippen LogP contribution in [0.2, 0.25) is 0 Å². The van der Waals surface area contributed by atoms with Crippen molar-refractivity contribution in [3.05, 3.63) is 57.0 Å². The quantitative estimate of drug-likeness (QED) is 0.395. The number of halogens is 2. The first-order chi connectivity index (χ1) is 16.5. The van der Waals surface area contributed by atoms with Gasteiger partial charge in [0.05, 0.1) is 23.6 Å². The van der Waals surface area contributed by atoms with E-state index in [1.54, 1.807) is 45.7 Å². The molecule has 4 rings (SSSR count). The minimum Gasteiger partial charge on any atom is -0.263 e. The number of pyridine rings is 2. The van der Waals surface area contributed by atoms with Crippen LogP contribution in [0.1, 0.15) is 62.7 Å². The van der Waals surface area contributed by atoms with Crippen LogP contribution in [0.15, 0.2) is 45.9 Å². The van der Waals surface area contributed by atoms with Crippen LogP contribution in [0, 0.1) is 11.8 Å². The minimum absolute atomic E-state index is 0.0834. The van der Waals surface area contributed by atoms with Crippen LogP contribution in [0.3, 0.4) is 0 Å². The monoisotopic (exact) mass is 650 g/mol. The van der Waals surface area contributed by atoms with Gasteiger partial charge in [0.2, 0.25) is 20.0 Å². The number of rotatable bonds is 10. The van der Waals surface area contributed by atoms with Crippen molar-refractivity contribution < 1.29 is 16.8 Å². The van der Waals surface area contributed by atoms with Gasteiger partial charge in [0.15, 0.2) is 0 Å². The molecule has 0 aromatic carbocycles. The van der Waals surface area contributed by atoms with Crippen molar-refractivity contribution in [3.8, 4) is 0 Å². The molecular weight excluding hydrogens is 620 g/mol. The van der Waals surface area contributed by atoms with E-state index in [-0.39, 0.29) is 23.6 Å². The molecule has 8 nitrogen and oxygen atoms in total. The van der Waals surface area contributed by atoms with Gasteiger partial charge in [-0.25, -0.2) is 21.6 Å². The summed E-state index contributed by atoms with van der Waals surface area (Å²) in [5, 5.41) is 0. The summed E-state index contributed by atoms with van der Waals surface area (Å²) in [7, 11) is -4.68. The summed E-state index contributed by atoms with van der Waals surface area (Å²) in [6.07, 6.45) is 11.2. The first kappa shape index (κ1) is 28.6. The average molecular weight is 652 g/mol. The van der Waals surface area contributed by atoms with E-state index in [0.717, 1.165) is 45.8 Å². The fourth-order valence-electron chi connectivity index (χ4n) is 3.90. The highest BCUT2D eigenvalue weighted by molar-refractivity contribution is 9.10. The Labute approximate surface area is 225 Å². The lowest BCUT2D eigenvalue weighted by Crippen LogP contribution is -2.33. The predicted molar refractivity (Wildman–Crippen MR) is 145 cm³/mol. The van der Waals surface area contributed by atoms with Crippen molar-refractivity contribution in [3.63, 3.8) is 0 Å². The molecule has 2 aromatic heterocycles. The first-order valence-corrected chi connectivity index (χ1v) is 16.5. The lowest BCUT2D eigenvalue weighted by atomic mass is 10.1. The van der Waals surface area contributed by atoms with E-state index in [9.17, 15) is 16.8 Å². The molecule has 2 atom stereocenters. The average Bonchev–Trinajstić information content (AvgIpc) is 3.73. The molecule has 0 bridgehead atoms. The van der Waals surface area contributed by atoms with E-state index < -0.39 is 20.0 Å². The second-order valence-corrected chi connectivity index (χ2v) is 15.1. The van der Waals surface area contributed by atoms with Gasteiger partial charge in [-0.05, 0) is 106 Å². The lowest BCUT2D eigenvalue weighted by Gasteiger charge is -2.27. The molecule has 2 aliphatic rings. The van der Waals surface area contributed by atoms with Crippen molar-refractivity contribution in [2.45, 2.75) is 51.6 Å². The lowest BCUT2D eigenvalue weighted by molar-refractivity contribution is 0.342. The Balaban J connectivity index is 0.000000196. The fourth-order valence-corrected chi connectivity index (χ4v) is 6.59. The molecule has 2 fully saturated rings. The number of nitrogens with one attached hydrogen (secondary N) is 1. The van der Waals surface area contributed by atoms with Gasteiger partial charge >= 0.3 is 0 Å². The summed E-state index contributed by atoms with van der Waals surface area (Å²) in [5.41, 5.74) is 1.89. The topological polar surface area (TPSA) is 109 Å². The molecule has 194 valence electrons. The number of hydrogen-bond donors (Lipinski definition) is 1. The predicted octanol–water partition coefficient (Wildman–Crippen LogP) is 4.81. The number of hydrogen-bond acceptors (Lipinski definition) is 6. The summed E-state index contributed by atoms with van der Waals surface area (Å²) in [5.74, 6) is 1.08. The number of sulfonamides is 2. The van der Waals surface area contributed by atoms with Gasteiger partial charge in [-0.15, -0.1) is 0 Å². The molecule has 1 N–H and O–H groups in total. The van der Waals surface area contributed by atoms with Crippen LogP contribution in [-0.2, 0) is 20.0 Å². The van der Waals surface area contributed by atoms with Gasteiger partial charge < -0.3 is 0 Å². The molecule has 2 aliphatic carbocycles. The van der Waals surface area contributed by atoms with Crippen molar-refractivity contribution >= 4 is 51.9 Å². The van der Waals surface area contributed by atoms with E-state index in [2.05, 4.69) is 46.5 Å².